The summed E-state index contributed by atoms with van der Waals surface area (Å²) in [4.78, 5) is 25.1. The van der Waals surface area contributed by atoms with Crippen LogP contribution in [-0.2, 0) is 14.3 Å². The highest BCUT2D eigenvalue weighted by atomic mass is 16.6. The average Bonchev–Trinajstić information content (AvgIpc) is 2.86. The Kier molecular flexibility index (Phi) is 9.07. The fraction of sp³-hybridized carbons (Fsp3) is 0.517. The van der Waals surface area contributed by atoms with Crippen LogP contribution in [0.4, 0.5) is 5.69 Å². The zero-order valence-corrected chi connectivity index (χ0v) is 22.8. The van der Waals surface area contributed by atoms with E-state index in [-0.39, 0.29) is 12.5 Å². The number of likely N-dealkylation sites (tertiary alicyclic amines) is 1. The van der Waals surface area contributed by atoms with Gasteiger partial charge >= 0.3 is 11.9 Å². The molecule has 0 saturated carbocycles. The molecule has 0 radical (unpaired) electrons. The number of nitrogens with zero attached hydrogens (tertiary/aromatic N) is 1. The van der Waals surface area contributed by atoms with E-state index in [1.165, 1.54) is 0 Å². The standard InChI is InChI=1S/C29H39NO7/c1-7-15-30(21-10-8-11-22(18-21)36-19-26(31)37-29(2,3)4)16-9-12-23(27(30)28(32)33)20-13-14-24(34-5)25(17-20)35-6/h8,10-11,13-14,17-18,23,27H,7,9,12,15-16,19H2,1-6H3/p+1/t23?,27-,30+/m0/s1. The van der Waals surface area contributed by atoms with Crippen LogP contribution in [0.25, 0.3) is 0 Å². The van der Waals surface area contributed by atoms with Crippen LogP contribution in [0, 0.1) is 0 Å². The fourth-order valence-corrected chi connectivity index (χ4v) is 5.48. The zero-order chi connectivity index (χ0) is 27.2. The van der Waals surface area contributed by atoms with Crippen LogP contribution in [0.15, 0.2) is 42.5 Å². The van der Waals surface area contributed by atoms with Crippen molar-refractivity contribution in [1.29, 1.82) is 0 Å². The first-order chi connectivity index (χ1) is 17.5. The number of aliphatic carboxylic acids is 1. The molecule has 1 aliphatic rings. The first-order valence-corrected chi connectivity index (χ1v) is 12.8. The van der Waals surface area contributed by atoms with Gasteiger partial charge in [-0.1, -0.05) is 19.1 Å². The normalized spacial score (nSPS) is 21.7. The van der Waals surface area contributed by atoms with E-state index in [0.29, 0.717) is 34.8 Å². The van der Waals surface area contributed by atoms with Crippen molar-refractivity contribution in [2.45, 2.75) is 64.5 Å². The highest BCUT2D eigenvalue weighted by Crippen LogP contribution is 2.44. The van der Waals surface area contributed by atoms with Crippen LogP contribution < -0.4 is 18.7 Å². The molecule has 37 heavy (non-hydrogen) atoms. The summed E-state index contributed by atoms with van der Waals surface area (Å²) in [7, 11) is 3.16. The molecule has 1 saturated heterocycles. The van der Waals surface area contributed by atoms with E-state index in [2.05, 4.69) is 6.92 Å². The Bertz CT molecular complexity index is 1090. The number of carbonyl (C=O) groups is 2. The summed E-state index contributed by atoms with van der Waals surface area (Å²) in [6, 6.07) is 12.4. The number of carbonyl (C=O) groups excluding carboxylic acids is 1. The van der Waals surface area contributed by atoms with Crippen molar-refractivity contribution in [3.8, 4) is 17.2 Å². The van der Waals surface area contributed by atoms with Gasteiger partial charge in [-0.2, -0.15) is 0 Å². The number of methoxy groups -OCH3 is 2. The van der Waals surface area contributed by atoms with Crippen molar-refractivity contribution in [3.05, 3.63) is 48.0 Å². The molecular weight excluding hydrogens is 474 g/mol. The van der Waals surface area contributed by atoms with Crippen molar-refractivity contribution in [1.82, 2.24) is 4.48 Å². The van der Waals surface area contributed by atoms with E-state index in [1.807, 2.05) is 36.4 Å². The van der Waals surface area contributed by atoms with Gasteiger partial charge in [0, 0.05) is 12.0 Å². The maximum absolute atomic E-state index is 12.9. The number of esters is 1. The van der Waals surface area contributed by atoms with Crippen LogP contribution in [-0.4, -0.2) is 62.6 Å². The summed E-state index contributed by atoms with van der Waals surface area (Å²) < 4.78 is 22.3. The number of rotatable bonds is 10. The predicted octanol–water partition coefficient (Wildman–Crippen LogP) is 5.17. The van der Waals surface area contributed by atoms with Gasteiger partial charge in [-0.3, -0.25) is 4.48 Å². The molecule has 1 fully saturated rings. The number of ether oxygens (including phenoxy) is 4. The van der Waals surface area contributed by atoms with Crippen molar-refractivity contribution < 1.29 is 33.6 Å². The number of benzene rings is 2. The van der Waals surface area contributed by atoms with Gasteiger partial charge in [0.1, 0.15) is 17.0 Å². The van der Waals surface area contributed by atoms with Crippen LogP contribution in [0.1, 0.15) is 58.4 Å². The average molecular weight is 515 g/mol. The Hall–Kier alpha value is -3.26. The third-order valence-corrected chi connectivity index (χ3v) is 6.81. The number of hydrogen-bond donors (Lipinski definition) is 1. The van der Waals surface area contributed by atoms with Crippen LogP contribution in [0.2, 0.25) is 0 Å². The monoisotopic (exact) mass is 514 g/mol. The largest absolute Gasteiger partial charge is 0.493 e. The van der Waals surface area contributed by atoms with Crippen LogP contribution in [0.5, 0.6) is 17.2 Å². The maximum atomic E-state index is 12.9. The van der Waals surface area contributed by atoms with Crippen molar-refractivity contribution >= 4 is 17.6 Å². The highest BCUT2D eigenvalue weighted by molar-refractivity contribution is 5.79. The molecule has 8 heteroatoms. The number of piperidine rings is 1. The van der Waals surface area contributed by atoms with Crippen LogP contribution >= 0.6 is 0 Å². The van der Waals surface area contributed by atoms with Gasteiger partial charge in [0.05, 0.1) is 27.3 Å². The summed E-state index contributed by atoms with van der Waals surface area (Å²) in [5.41, 5.74) is 1.18. The summed E-state index contributed by atoms with van der Waals surface area (Å²) in [6.45, 7) is 8.64. The van der Waals surface area contributed by atoms with Crippen molar-refractivity contribution in [2.24, 2.45) is 0 Å². The van der Waals surface area contributed by atoms with E-state index in [1.54, 1.807) is 41.1 Å². The summed E-state index contributed by atoms with van der Waals surface area (Å²) in [5.74, 6) is 0.190. The second kappa shape index (κ2) is 11.9. The lowest BCUT2D eigenvalue weighted by molar-refractivity contribution is -0.157. The molecule has 3 rings (SSSR count). The molecule has 0 amide bonds. The minimum atomic E-state index is -0.840. The minimum Gasteiger partial charge on any atom is -0.493 e. The second-order valence-electron chi connectivity index (χ2n) is 10.5. The molecule has 1 heterocycles. The molecule has 0 spiro atoms. The summed E-state index contributed by atoms with van der Waals surface area (Å²) >= 11 is 0. The molecule has 0 aromatic heterocycles. The van der Waals surface area contributed by atoms with Gasteiger partial charge in [0.15, 0.2) is 24.1 Å². The summed E-state index contributed by atoms with van der Waals surface area (Å²) in [6.07, 6.45) is 2.43. The second-order valence-corrected chi connectivity index (χ2v) is 10.5. The first-order valence-electron chi connectivity index (χ1n) is 12.8. The molecule has 0 bridgehead atoms. The molecule has 0 aliphatic carbocycles. The lowest BCUT2D eigenvalue weighted by Gasteiger charge is -2.48. The fourth-order valence-electron chi connectivity index (χ4n) is 5.48. The number of carboxylic acid groups (broad SMARTS) is 1. The van der Waals surface area contributed by atoms with E-state index < -0.39 is 23.6 Å². The number of hydrogen-bond acceptors (Lipinski definition) is 6. The Labute approximate surface area is 219 Å². The topological polar surface area (TPSA) is 91.3 Å². The van der Waals surface area contributed by atoms with Gasteiger partial charge < -0.3 is 24.1 Å². The lowest BCUT2D eigenvalue weighted by Crippen LogP contribution is -2.65. The SMILES string of the molecule is CCC[N@+]1(c2cccc(OCC(=O)OC(C)(C)C)c2)CCCC(c2ccc(OC)c(OC)c2)[C@H]1C(=O)O. The first kappa shape index (κ1) is 28.3. The van der Waals surface area contributed by atoms with Gasteiger partial charge in [0.2, 0.25) is 0 Å². The Morgan fingerprint density at radius 2 is 1.78 bits per heavy atom. The minimum absolute atomic E-state index is 0.217. The highest BCUT2D eigenvalue weighted by Gasteiger charge is 2.51. The molecule has 1 aliphatic heterocycles. The molecule has 3 atom stereocenters. The van der Waals surface area contributed by atoms with Gasteiger partial charge in [-0.25, -0.2) is 9.59 Å². The molecule has 8 nitrogen and oxygen atoms in total. The van der Waals surface area contributed by atoms with Crippen molar-refractivity contribution in [2.75, 3.05) is 33.9 Å². The van der Waals surface area contributed by atoms with Gasteiger partial charge in [0.25, 0.3) is 0 Å². The Morgan fingerprint density at radius 1 is 1.05 bits per heavy atom. The maximum Gasteiger partial charge on any atom is 0.363 e. The number of quaternary nitrogens is 1. The molecule has 2 aromatic carbocycles. The third-order valence-electron chi connectivity index (χ3n) is 6.81. The van der Waals surface area contributed by atoms with E-state index in [4.69, 9.17) is 18.9 Å². The Morgan fingerprint density at radius 3 is 2.41 bits per heavy atom. The quantitative estimate of drug-likeness (QED) is 0.345. The van der Waals surface area contributed by atoms with Crippen molar-refractivity contribution in [3.63, 3.8) is 0 Å². The van der Waals surface area contributed by atoms with E-state index >= 15 is 0 Å². The molecule has 202 valence electrons. The molecule has 1 N–H and O–H groups in total. The van der Waals surface area contributed by atoms with Gasteiger partial charge in [-0.15, -0.1) is 0 Å². The zero-order valence-electron chi connectivity index (χ0n) is 22.8. The van der Waals surface area contributed by atoms with Gasteiger partial charge in [-0.05, 0) is 69.9 Å². The lowest BCUT2D eigenvalue weighted by atomic mass is 9.80. The van der Waals surface area contributed by atoms with Crippen LogP contribution in [0.3, 0.4) is 0 Å². The third kappa shape index (κ3) is 6.55. The van der Waals surface area contributed by atoms with E-state index in [0.717, 1.165) is 30.5 Å². The van der Waals surface area contributed by atoms with E-state index in [9.17, 15) is 14.7 Å². The molecule has 1 unspecified atom stereocenters. The summed E-state index contributed by atoms with van der Waals surface area (Å²) in [5, 5.41) is 10.6. The smallest absolute Gasteiger partial charge is 0.363 e. The molecule has 2 aromatic rings. The molecular formula is C29H40NO7+. The predicted molar refractivity (Wildman–Crippen MR) is 143 cm³/mol. The number of carboxylic acids is 1. The Balaban J connectivity index is 1.98.